The highest BCUT2D eigenvalue weighted by atomic mass is 19.4. The van der Waals surface area contributed by atoms with E-state index in [-0.39, 0.29) is 50.2 Å². The Hall–Kier alpha value is -2.99. The van der Waals surface area contributed by atoms with Crippen molar-refractivity contribution in [3.05, 3.63) is 64.2 Å². The van der Waals surface area contributed by atoms with Crippen molar-refractivity contribution in [2.45, 2.75) is 90.4 Å². The van der Waals surface area contributed by atoms with E-state index in [4.69, 9.17) is 18.9 Å². The molecule has 1 N–H and O–H groups in total. The first-order chi connectivity index (χ1) is 19.5. The van der Waals surface area contributed by atoms with E-state index in [1.165, 1.54) is 25.3 Å². The van der Waals surface area contributed by atoms with E-state index in [9.17, 15) is 31.1 Å². The van der Waals surface area contributed by atoms with E-state index in [1.54, 1.807) is 26.8 Å². The number of halogens is 6. The summed E-state index contributed by atoms with van der Waals surface area (Å²) >= 11 is 0. The Morgan fingerprint density at radius 1 is 0.929 bits per heavy atom. The third kappa shape index (κ3) is 11.7. The average molecular weight is 608 g/mol. The van der Waals surface area contributed by atoms with Crippen LogP contribution in [0, 0.1) is 0 Å². The molecular weight excluding hydrogens is 568 g/mol. The molecule has 0 aliphatic rings. The third-order valence-corrected chi connectivity index (χ3v) is 6.23. The summed E-state index contributed by atoms with van der Waals surface area (Å²) in [6, 6.07) is 7.09. The topological polar surface area (TPSA) is 66.0 Å². The summed E-state index contributed by atoms with van der Waals surface area (Å²) in [6.45, 7) is 6.38. The zero-order valence-corrected chi connectivity index (χ0v) is 24.5. The second-order valence-corrected chi connectivity index (χ2v) is 10.8. The maximum atomic E-state index is 14.4. The lowest BCUT2D eigenvalue weighted by Crippen LogP contribution is -2.39. The Morgan fingerprint density at radius 2 is 1.60 bits per heavy atom. The normalized spacial score (nSPS) is 13.1. The molecule has 1 atom stereocenters. The molecule has 2 aromatic carbocycles. The predicted molar refractivity (Wildman–Crippen MR) is 145 cm³/mol. The van der Waals surface area contributed by atoms with Crippen molar-refractivity contribution in [3.8, 4) is 5.75 Å². The first-order valence-corrected chi connectivity index (χ1v) is 13.6. The van der Waals surface area contributed by atoms with Gasteiger partial charge in [-0.3, -0.25) is 0 Å². The SMILES string of the molecule is CCC(CCc1ccc(OCCCc2ccc(C(F)(F)F)cc2)c(C(F)(F)F)c1COCOC)NC(=O)OC(C)(C)C. The van der Waals surface area contributed by atoms with E-state index in [1.807, 2.05) is 6.92 Å². The highest BCUT2D eigenvalue weighted by Gasteiger charge is 2.38. The van der Waals surface area contributed by atoms with Crippen LogP contribution in [0.4, 0.5) is 31.1 Å². The molecule has 0 heterocycles. The number of methoxy groups -OCH3 is 1. The van der Waals surface area contributed by atoms with Crippen LogP contribution in [0.25, 0.3) is 0 Å². The lowest BCUT2D eigenvalue weighted by atomic mass is 9.94. The van der Waals surface area contributed by atoms with Crippen LogP contribution in [-0.2, 0) is 46.0 Å². The lowest BCUT2D eigenvalue weighted by molar-refractivity contribution is -0.141. The second kappa shape index (κ2) is 15.5. The summed E-state index contributed by atoms with van der Waals surface area (Å²) in [5.41, 5.74) is -1.52. The molecule has 1 unspecified atom stereocenters. The monoisotopic (exact) mass is 607 g/mol. The number of carbonyl (C=O) groups is 1. The minimum absolute atomic E-state index is 0.0838. The third-order valence-electron chi connectivity index (χ3n) is 6.23. The number of aryl methyl sites for hydroxylation is 2. The van der Waals surface area contributed by atoms with E-state index in [0.29, 0.717) is 30.4 Å². The second-order valence-electron chi connectivity index (χ2n) is 10.8. The highest BCUT2D eigenvalue weighted by Crippen LogP contribution is 2.41. The minimum Gasteiger partial charge on any atom is -0.493 e. The molecular formula is C30H39F6NO5. The minimum atomic E-state index is -4.76. The Bertz CT molecular complexity index is 1130. The number of nitrogens with one attached hydrogen (secondary N) is 1. The van der Waals surface area contributed by atoms with Crippen LogP contribution in [0.1, 0.15) is 74.8 Å². The molecule has 0 bridgehead atoms. The Kier molecular flexibility index (Phi) is 13.0. The van der Waals surface area contributed by atoms with Crippen LogP contribution in [0.5, 0.6) is 5.75 Å². The molecule has 0 fully saturated rings. The van der Waals surface area contributed by atoms with Gasteiger partial charge in [0.25, 0.3) is 0 Å². The smallest absolute Gasteiger partial charge is 0.420 e. The number of amides is 1. The van der Waals surface area contributed by atoms with Crippen LogP contribution < -0.4 is 10.1 Å². The molecule has 2 aromatic rings. The van der Waals surface area contributed by atoms with Crippen LogP contribution >= 0.6 is 0 Å². The van der Waals surface area contributed by atoms with Gasteiger partial charge in [-0.05, 0) is 87.8 Å². The van der Waals surface area contributed by atoms with Gasteiger partial charge in [-0.25, -0.2) is 4.79 Å². The highest BCUT2D eigenvalue weighted by molar-refractivity contribution is 5.68. The number of rotatable bonds is 14. The maximum absolute atomic E-state index is 14.4. The quantitative estimate of drug-likeness (QED) is 0.134. The van der Waals surface area contributed by atoms with Crippen molar-refractivity contribution < 1.29 is 50.1 Å². The predicted octanol–water partition coefficient (Wildman–Crippen LogP) is 8.09. The molecule has 12 heteroatoms. The molecule has 42 heavy (non-hydrogen) atoms. The van der Waals surface area contributed by atoms with E-state index < -0.39 is 35.2 Å². The fourth-order valence-electron chi connectivity index (χ4n) is 4.23. The molecule has 6 nitrogen and oxygen atoms in total. The van der Waals surface area contributed by atoms with Gasteiger partial charge in [-0.1, -0.05) is 25.1 Å². The molecule has 236 valence electrons. The summed E-state index contributed by atoms with van der Waals surface area (Å²) in [5, 5.41) is 2.76. The molecule has 0 spiro atoms. The van der Waals surface area contributed by atoms with Crippen LogP contribution in [-0.4, -0.2) is 38.2 Å². The fraction of sp³-hybridized carbons (Fsp3) is 0.567. The van der Waals surface area contributed by atoms with Crippen molar-refractivity contribution in [3.63, 3.8) is 0 Å². The summed E-state index contributed by atoms with van der Waals surface area (Å²) in [4.78, 5) is 12.2. The largest absolute Gasteiger partial charge is 0.493 e. The zero-order chi connectivity index (χ0) is 31.6. The summed E-state index contributed by atoms with van der Waals surface area (Å²) < 4.78 is 102. The first-order valence-electron chi connectivity index (χ1n) is 13.6. The number of benzene rings is 2. The van der Waals surface area contributed by atoms with E-state index >= 15 is 0 Å². The molecule has 0 aliphatic heterocycles. The average Bonchev–Trinajstić information content (AvgIpc) is 2.87. The molecule has 0 aliphatic carbocycles. The van der Waals surface area contributed by atoms with Gasteiger partial charge in [-0.2, -0.15) is 26.3 Å². The summed E-state index contributed by atoms with van der Waals surface area (Å²) in [5.74, 6) is -0.367. The van der Waals surface area contributed by atoms with Crippen molar-refractivity contribution in [1.29, 1.82) is 0 Å². The molecule has 0 radical (unpaired) electrons. The maximum Gasteiger partial charge on any atom is 0.420 e. The number of carbonyl (C=O) groups excluding carboxylic acids is 1. The number of alkyl halides is 6. The zero-order valence-electron chi connectivity index (χ0n) is 24.5. The number of hydrogen-bond acceptors (Lipinski definition) is 5. The fourth-order valence-corrected chi connectivity index (χ4v) is 4.23. The van der Waals surface area contributed by atoms with Crippen LogP contribution in [0.3, 0.4) is 0 Å². The Labute approximate surface area is 242 Å². The number of hydrogen-bond donors (Lipinski definition) is 1. The number of alkyl carbamates (subject to hydrolysis) is 1. The van der Waals surface area contributed by atoms with Crippen molar-refractivity contribution in [1.82, 2.24) is 5.32 Å². The van der Waals surface area contributed by atoms with Gasteiger partial charge in [0, 0.05) is 13.2 Å². The molecule has 1 amide bonds. The molecule has 0 saturated carbocycles. The Balaban J connectivity index is 2.19. The molecule has 0 aromatic heterocycles. The summed E-state index contributed by atoms with van der Waals surface area (Å²) in [6.07, 6.45) is -8.08. The first kappa shape index (κ1) is 35.2. The van der Waals surface area contributed by atoms with Gasteiger partial charge < -0.3 is 24.3 Å². The van der Waals surface area contributed by atoms with Crippen LogP contribution in [0.2, 0.25) is 0 Å². The van der Waals surface area contributed by atoms with Gasteiger partial charge in [0.2, 0.25) is 0 Å². The van der Waals surface area contributed by atoms with Gasteiger partial charge in [-0.15, -0.1) is 0 Å². The molecule has 0 saturated heterocycles. The lowest BCUT2D eigenvalue weighted by Gasteiger charge is -2.24. The van der Waals surface area contributed by atoms with Gasteiger partial charge in [0.05, 0.1) is 18.8 Å². The van der Waals surface area contributed by atoms with E-state index in [2.05, 4.69) is 5.32 Å². The van der Waals surface area contributed by atoms with Crippen molar-refractivity contribution in [2.75, 3.05) is 20.5 Å². The van der Waals surface area contributed by atoms with Crippen molar-refractivity contribution in [2.24, 2.45) is 0 Å². The van der Waals surface area contributed by atoms with Crippen molar-refractivity contribution >= 4 is 6.09 Å². The van der Waals surface area contributed by atoms with E-state index in [0.717, 1.165) is 12.1 Å². The standard InChI is InChI=1S/C30H39F6NO5/c1-6-23(37-27(38)42-28(2,3)4)15-11-21-12-16-25(26(30(34,35)36)24(21)18-40-19-39-5)41-17-7-8-20-9-13-22(14-10-20)29(31,32)33/h9-10,12-14,16,23H,6-8,11,15,17-19H2,1-5H3,(H,37,38). The van der Waals surface area contributed by atoms with Crippen LogP contribution in [0.15, 0.2) is 36.4 Å². The van der Waals surface area contributed by atoms with Gasteiger partial charge in [0.15, 0.2) is 0 Å². The Morgan fingerprint density at radius 3 is 2.14 bits per heavy atom. The van der Waals surface area contributed by atoms with Gasteiger partial charge in [0.1, 0.15) is 23.7 Å². The number of ether oxygens (including phenoxy) is 4. The van der Waals surface area contributed by atoms with Gasteiger partial charge >= 0.3 is 18.4 Å². The molecule has 2 rings (SSSR count). The summed E-state index contributed by atoms with van der Waals surface area (Å²) in [7, 11) is 1.36.